The number of carbonyl (C=O) groups is 1. The predicted molar refractivity (Wildman–Crippen MR) is 60.9 cm³/mol. The molecule has 0 aliphatic heterocycles. The van der Waals surface area contributed by atoms with E-state index in [-0.39, 0.29) is 0 Å². The van der Waals surface area contributed by atoms with Gasteiger partial charge in [-0.25, -0.2) is 0 Å². The molecule has 1 amide bonds. The standard InChI is InChI=1S/C11H11BrN2O/c1-7-2-8(5-10(12)3-7)4-9(6-13)11(14)15/h2-3,5,9H,4H2,1H3,(H2,14,15)/t9-/m1/s1. The molecule has 1 atom stereocenters. The number of nitrogens with two attached hydrogens (primary N) is 1. The lowest BCUT2D eigenvalue weighted by atomic mass is 9.99. The lowest BCUT2D eigenvalue weighted by Gasteiger charge is -2.06. The molecule has 78 valence electrons. The topological polar surface area (TPSA) is 66.9 Å². The average Bonchev–Trinajstić information content (AvgIpc) is 2.12. The van der Waals surface area contributed by atoms with Crippen LogP contribution in [0.1, 0.15) is 11.1 Å². The summed E-state index contributed by atoms with van der Waals surface area (Å²) in [5.41, 5.74) is 7.12. The number of benzene rings is 1. The van der Waals surface area contributed by atoms with Gasteiger partial charge in [0.2, 0.25) is 5.91 Å². The number of rotatable bonds is 3. The van der Waals surface area contributed by atoms with Gasteiger partial charge in [0.1, 0.15) is 5.92 Å². The molecule has 0 saturated heterocycles. The third-order valence-electron chi connectivity index (χ3n) is 2.04. The van der Waals surface area contributed by atoms with E-state index in [9.17, 15) is 4.79 Å². The summed E-state index contributed by atoms with van der Waals surface area (Å²) >= 11 is 3.36. The third kappa shape index (κ3) is 3.37. The summed E-state index contributed by atoms with van der Waals surface area (Å²) in [5, 5.41) is 8.73. The number of hydrogen-bond acceptors (Lipinski definition) is 2. The van der Waals surface area contributed by atoms with Gasteiger partial charge in [0.25, 0.3) is 0 Å². The second kappa shape index (κ2) is 4.94. The quantitative estimate of drug-likeness (QED) is 0.909. The number of carbonyl (C=O) groups excluding carboxylic acids is 1. The lowest BCUT2D eigenvalue weighted by molar-refractivity contribution is -0.120. The molecule has 0 unspecified atom stereocenters. The van der Waals surface area contributed by atoms with Gasteiger partial charge >= 0.3 is 0 Å². The maximum absolute atomic E-state index is 10.9. The summed E-state index contributed by atoms with van der Waals surface area (Å²) in [6, 6.07) is 7.70. The number of nitrogens with zero attached hydrogens (tertiary/aromatic N) is 1. The second-order valence-corrected chi connectivity index (χ2v) is 4.34. The zero-order chi connectivity index (χ0) is 11.4. The normalized spacial score (nSPS) is 11.8. The van der Waals surface area contributed by atoms with Gasteiger partial charge in [0, 0.05) is 4.47 Å². The number of primary amides is 1. The fourth-order valence-corrected chi connectivity index (χ4v) is 2.03. The summed E-state index contributed by atoms with van der Waals surface area (Å²) < 4.78 is 0.943. The molecule has 15 heavy (non-hydrogen) atoms. The van der Waals surface area contributed by atoms with Crippen LogP contribution in [0.15, 0.2) is 22.7 Å². The third-order valence-corrected chi connectivity index (χ3v) is 2.50. The van der Waals surface area contributed by atoms with Crippen LogP contribution < -0.4 is 5.73 Å². The molecule has 2 N–H and O–H groups in total. The number of nitriles is 1. The van der Waals surface area contributed by atoms with Gasteiger partial charge in [-0.15, -0.1) is 0 Å². The molecule has 0 bridgehead atoms. The van der Waals surface area contributed by atoms with E-state index >= 15 is 0 Å². The second-order valence-electron chi connectivity index (χ2n) is 3.43. The van der Waals surface area contributed by atoms with E-state index in [2.05, 4.69) is 15.9 Å². The van der Waals surface area contributed by atoms with Crippen molar-refractivity contribution in [1.82, 2.24) is 0 Å². The molecular formula is C11H11BrN2O. The Hall–Kier alpha value is -1.34. The minimum absolute atomic E-state index is 0.367. The molecule has 0 heterocycles. The molecule has 1 aromatic rings. The van der Waals surface area contributed by atoms with Crippen LogP contribution in [0.25, 0.3) is 0 Å². The highest BCUT2D eigenvalue weighted by Crippen LogP contribution is 2.17. The van der Waals surface area contributed by atoms with Gasteiger partial charge in [0.05, 0.1) is 6.07 Å². The SMILES string of the molecule is Cc1cc(Br)cc(C[C@H](C#N)C(N)=O)c1. The summed E-state index contributed by atoms with van der Waals surface area (Å²) in [5.74, 6) is -1.33. The monoisotopic (exact) mass is 266 g/mol. The van der Waals surface area contributed by atoms with Crippen LogP contribution in [0.5, 0.6) is 0 Å². The summed E-state index contributed by atoms with van der Waals surface area (Å²) in [6.45, 7) is 1.96. The van der Waals surface area contributed by atoms with Crippen molar-refractivity contribution in [2.24, 2.45) is 11.7 Å². The zero-order valence-corrected chi connectivity index (χ0v) is 9.91. The molecule has 0 spiro atoms. The molecule has 0 saturated carbocycles. The molecule has 4 heteroatoms. The van der Waals surface area contributed by atoms with E-state index < -0.39 is 11.8 Å². The van der Waals surface area contributed by atoms with Crippen LogP contribution in [-0.4, -0.2) is 5.91 Å². The van der Waals surface area contributed by atoms with Crippen molar-refractivity contribution in [3.05, 3.63) is 33.8 Å². The van der Waals surface area contributed by atoms with Gasteiger partial charge in [0.15, 0.2) is 0 Å². The van der Waals surface area contributed by atoms with Crippen LogP contribution in [0.3, 0.4) is 0 Å². The smallest absolute Gasteiger partial charge is 0.235 e. The van der Waals surface area contributed by atoms with E-state index in [0.29, 0.717) is 6.42 Å². The van der Waals surface area contributed by atoms with Crippen LogP contribution in [0.4, 0.5) is 0 Å². The highest BCUT2D eigenvalue weighted by atomic mass is 79.9. The van der Waals surface area contributed by atoms with E-state index in [1.54, 1.807) is 0 Å². The molecule has 1 aromatic carbocycles. The minimum atomic E-state index is -0.751. The Morgan fingerprint density at radius 1 is 1.60 bits per heavy atom. The first kappa shape index (κ1) is 11.7. The van der Waals surface area contributed by atoms with E-state index in [1.165, 1.54) is 0 Å². The summed E-state index contributed by atoms with van der Waals surface area (Å²) in [6.07, 6.45) is 0.367. The molecule has 0 aromatic heterocycles. The molecular weight excluding hydrogens is 256 g/mol. The van der Waals surface area contributed by atoms with Gasteiger partial charge in [-0.3, -0.25) is 4.79 Å². The highest BCUT2D eigenvalue weighted by Gasteiger charge is 2.15. The van der Waals surface area contributed by atoms with E-state index in [0.717, 1.165) is 15.6 Å². The van der Waals surface area contributed by atoms with E-state index in [1.807, 2.05) is 31.2 Å². The Morgan fingerprint density at radius 2 is 2.27 bits per heavy atom. The molecule has 0 radical (unpaired) electrons. The molecule has 0 aliphatic rings. The van der Waals surface area contributed by atoms with Gasteiger partial charge in [-0.05, 0) is 36.6 Å². The van der Waals surface area contributed by atoms with Crippen molar-refractivity contribution in [2.45, 2.75) is 13.3 Å². The van der Waals surface area contributed by atoms with Gasteiger partial charge in [-0.1, -0.05) is 22.0 Å². The van der Waals surface area contributed by atoms with Crippen molar-refractivity contribution in [2.75, 3.05) is 0 Å². The van der Waals surface area contributed by atoms with Crippen LogP contribution >= 0.6 is 15.9 Å². The average molecular weight is 267 g/mol. The Balaban J connectivity index is 2.89. The van der Waals surface area contributed by atoms with Gasteiger partial charge < -0.3 is 5.73 Å². The van der Waals surface area contributed by atoms with Crippen LogP contribution in [0.2, 0.25) is 0 Å². The zero-order valence-electron chi connectivity index (χ0n) is 8.33. The molecule has 3 nitrogen and oxygen atoms in total. The number of aryl methyl sites for hydroxylation is 1. The minimum Gasteiger partial charge on any atom is -0.369 e. The van der Waals surface area contributed by atoms with Crippen molar-refractivity contribution in [3.63, 3.8) is 0 Å². The molecule has 0 fully saturated rings. The summed E-state index contributed by atoms with van der Waals surface area (Å²) in [7, 11) is 0. The number of amides is 1. The van der Waals surface area contributed by atoms with Gasteiger partial charge in [-0.2, -0.15) is 5.26 Å². The summed E-state index contributed by atoms with van der Waals surface area (Å²) in [4.78, 5) is 10.9. The molecule has 1 rings (SSSR count). The van der Waals surface area contributed by atoms with Crippen molar-refractivity contribution < 1.29 is 4.79 Å². The first-order valence-corrected chi connectivity index (χ1v) is 5.27. The fraction of sp³-hybridized carbons (Fsp3) is 0.273. The Labute approximate surface area is 97.0 Å². The van der Waals surface area contributed by atoms with Crippen LogP contribution in [-0.2, 0) is 11.2 Å². The first-order chi connectivity index (χ1) is 7.02. The molecule has 0 aliphatic carbocycles. The van der Waals surface area contributed by atoms with Crippen molar-refractivity contribution >= 4 is 21.8 Å². The van der Waals surface area contributed by atoms with Crippen molar-refractivity contribution in [3.8, 4) is 6.07 Å². The lowest BCUT2D eigenvalue weighted by Crippen LogP contribution is -2.23. The Bertz CT molecular complexity index is 403. The highest BCUT2D eigenvalue weighted by molar-refractivity contribution is 9.10. The Kier molecular flexibility index (Phi) is 3.87. The van der Waals surface area contributed by atoms with Crippen LogP contribution in [0, 0.1) is 24.2 Å². The first-order valence-electron chi connectivity index (χ1n) is 4.48. The number of hydrogen-bond donors (Lipinski definition) is 1. The van der Waals surface area contributed by atoms with E-state index in [4.69, 9.17) is 11.0 Å². The number of halogens is 1. The maximum atomic E-state index is 10.9. The largest absolute Gasteiger partial charge is 0.369 e. The fourth-order valence-electron chi connectivity index (χ4n) is 1.38. The maximum Gasteiger partial charge on any atom is 0.235 e. The van der Waals surface area contributed by atoms with Crippen molar-refractivity contribution in [1.29, 1.82) is 5.26 Å². The predicted octanol–water partition coefficient (Wildman–Crippen LogP) is 1.93. The Morgan fingerprint density at radius 3 is 2.73 bits per heavy atom.